The summed E-state index contributed by atoms with van der Waals surface area (Å²) in [6, 6.07) is 5.95. The highest BCUT2D eigenvalue weighted by Gasteiger charge is 2.23. The van der Waals surface area contributed by atoms with Crippen molar-refractivity contribution in [1.29, 1.82) is 0 Å². The van der Waals surface area contributed by atoms with Gasteiger partial charge in [-0.2, -0.15) is 0 Å². The first kappa shape index (κ1) is 25.0. The van der Waals surface area contributed by atoms with Crippen molar-refractivity contribution in [2.75, 3.05) is 30.9 Å². The lowest BCUT2D eigenvalue weighted by Gasteiger charge is -2.30. The van der Waals surface area contributed by atoms with Gasteiger partial charge in [-0.05, 0) is 41.0 Å². The predicted octanol–water partition coefficient (Wildman–Crippen LogP) is 5.16. The Bertz CT molecular complexity index is 688. The van der Waals surface area contributed by atoms with E-state index in [-0.39, 0.29) is 17.2 Å². The molecule has 0 aliphatic carbocycles. The average Bonchev–Trinajstić information content (AvgIpc) is 2.51. The third kappa shape index (κ3) is 9.33. The van der Waals surface area contributed by atoms with E-state index in [1.165, 1.54) is 0 Å². The van der Waals surface area contributed by atoms with Crippen LogP contribution in [0.4, 0.5) is 11.4 Å². The maximum absolute atomic E-state index is 13.0. The van der Waals surface area contributed by atoms with Gasteiger partial charge in [0, 0.05) is 51.4 Å². The van der Waals surface area contributed by atoms with Crippen LogP contribution in [-0.4, -0.2) is 37.4 Å². The number of benzene rings is 1. The van der Waals surface area contributed by atoms with Crippen molar-refractivity contribution in [2.45, 2.75) is 67.9 Å². The van der Waals surface area contributed by atoms with Crippen molar-refractivity contribution in [3.8, 4) is 0 Å². The van der Waals surface area contributed by atoms with Crippen LogP contribution in [0.15, 0.2) is 18.2 Å². The molecular weight excluding hydrogens is 362 g/mol. The molecular formula is C24H41N3O2. The quantitative estimate of drug-likeness (QED) is 0.620. The lowest BCUT2D eigenvalue weighted by Crippen LogP contribution is -2.36. The Balaban J connectivity index is 3.16. The smallest absolute Gasteiger partial charge is 0.224 e. The van der Waals surface area contributed by atoms with Crippen LogP contribution < -0.4 is 10.2 Å². The molecule has 1 N–H and O–H groups in total. The van der Waals surface area contributed by atoms with Gasteiger partial charge in [0.15, 0.2) is 0 Å². The van der Waals surface area contributed by atoms with Crippen molar-refractivity contribution < 1.29 is 9.59 Å². The molecule has 0 aliphatic rings. The standard InChI is InChI=1S/C24H41N3O2/c1-17(2)12-22(28)25-20-10-11-21(26(8)9)19(13-20)16-27(15-18(3)4)23(29)14-24(5,6)7/h10-11,13,17-18H,12,14-16H2,1-9H3,(H,25,28). The topological polar surface area (TPSA) is 52.7 Å². The van der Waals surface area contributed by atoms with Gasteiger partial charge < -0.3 is 15.1 Å². The van der Waals surface area contributed by atoms with Gasteiger partial charge in [-0.1, -0.05) is 48.5 Å². The van der Waals surface area contributed by atoms with Gasteiger partial charge in [0.05, 0.1) is 0 Å². The summed E-state index contributed by atoms with van der Waals surface area (Å²) in [4.78, 5) is 29.2. The molecule has 0 heterocycles. The molecule has 0 saturated carbocycles. The van der Waals surface area contributed by atoms with Gasteiger partial charge in [0.2, 0.25) is 11.8 Å². The third-order valence-corrected chi connectivity index (χ3v) is 4.42. The van der Waals surface area contributed by atoms with E-state index in [1.54, 1.807) is 0 Å². The fourth-order valence-corrected chi connectivity index (χ4v) is 3.28. The SMILES string of the molecule is CC(C)CC(=O)Nc1ccc(N(C)C)c(CN(CC(C)C)C(=O)CC(C)(C)C)c1. The Hall–Kier alpha value is -2.04. The molecule has 1 rings (SSSR count). The Labute approximate surface area is 177 Å². The minimum absolute atomic E-state index is 0.0198. The molecule has 5 heteroatoms. The van der Waals surface area contributed by atoms with Gasteiger partial charge in [0.25, 0.3) is 0 Å². The second kappa shape index (κ2) is 10.7. The molecule has 5 nitrogen and oxygen atoms in total. The van der Waals surface area contributed by atoms with Crippen LogP contribution in [0.25, 0.3) is 0 Å². The second-order valence-electron chi connectivity index (χ2n) is 10.3. The fraction of sp³-hybridized carbons (Fsp3) is 0.667. The van der Waals surface area contributed by atoms with E-state index < -0.39 is 0 Å². The van der Waals surface area contributed by atoms with E-state index >= 15 is 0 Å². The monoisotopic (exact) mass is 403 g/mol. The molecule has 1 aromatic carbocycles. The fourth-order valence-electron chi connectivity index (χ4n) is 3.28. The number of hydrogen-bond acceptors (Lipinski definition) is 3. The molecule has 29 heavy (non-hydrogen) atoms. The average molecular weight is 404 g/mol. The molecule has 1 aromatic rings. The molecule has 0 aromatic heterocycles. The summed E-state index contributed by atoms with van der Waals surface area (Å²) in [5.74, 6) is 0.888. The van der Waals surface area contributed by atoms with Gasteiger partial charge in [-0.3, -0.25) is 9.59 Å². The summed E-state index contributed by atoms with van der Waals surface area (Å²) >= 11 is 0. The van der Waals surface area contributed by atoms with Crippen molar-refractivity contribution in [1.82, 2.24) is 4.90 Å². The minimum atomic E-state index is -0.0522. The summed E-state index contributed by atoms with van der Waals surface area (Å²) in [6.07, 6.45) is 1.01. The first-order valence-corrected chi connectivity index (χ1v) is 10.7. The zero-order valence-corrected chi connectivity index (χ0v) is 19.9. The number of nitrogens with zero attached hydrogens (tertiary/aromatic N) is 2. The molecule has 0 saturated heterocycles. The number of carbonyl (C=O) groups is 2. The summed E-state index contributed by atoms with van der Waals surface area (Å²) in [7, 11) is 4.00. The number of anilines is 2. The van der Waals surface area contributed by atoms with E-state index in [4.69, 9.17) is 0 Å². The van der Waals surface area contributed by atoms with E-state index in [2.05, 4.69) is 44.8 Å². The van der Waals surface area contributed by atoms with Gasteiger partial charge in [-0.25, -0.2) is 0 Å². The molecule has 0 atom stereocenters. The van der Waals surface area contributed by atoms with Crippen molar-refractivity contribution >= 4 is 23.2 Å². The molecule has 164 valence electrons. The molecule has 0 unspecified atom stereocenters. The zero-order chi connectivity index (χ0) is 22.4. The molecule has 0 bridgehead atoms. The highest BCUT2D eigenvalue weighted by Crippen LogP contribution is 2.27. The molecule has 0 fully saturated rings. The first-order valence-electron chi connectivity index (χ1n) is 10.7. The van der Waals surface area contributed by atoms with Crippen molar-refractivity contribution in [3.05, 3.63) is 23.8 Å². The molecule has 0 aliphatic heterocycles. The highest BCUT2D eigenvalue weighted by atomic mass is 16.2. The van der Waals surface area contributed by atoms with Crippen LogP contribution >= 0.6 is 0 Å². The lowest BCUT2D eigenvalue weighted by atomic mass is 9.91. The largest absolute Gasteiger partial charge is 0.377 e. The number of carbonyl (C=O) groups excluding carboxylic acids is 2. The van der Waals surface area contributed by atoms with Gasteiger partial charge >= 0.3 is 0 Å². The lowest BCUT2D eigenvalue weighted by molar-refractivity contribution is -0.134. The number of hydrogen-bond donors (Lipinski definition) is 1. The molecule has 0 radical (unpaired) electrons. The van der Waals surface area contributed by atoms with Crippen LogP contribution in [0.2, 0.25) is 0 Å². The zero-order valence-electron chi connectivity index (χ0n) is 19.9. The minimum Gasteiger partial charge on any atom is -0.377 e. The van der Waals surface area contributed by atoms with Crippen LogP contribution in [0.3, 0.4) is 0 Å². The van der Waals surface area contributed by atoms with E-state index in [1.807, 2.05) is 51.0 Å². The Morgan fingerprint density at radius 3 is 2.14 bits per heavy atom. The number of amides is 2. The summed E-state index contributed by atoms with van der Waals surface area (Å²) in [6.45, 7) is 15.9. The van der Waals surface area contributed by atoms with E-state index in [0.29, 0.717) is 37.8 Å². The second-order valence-corrected chi connectivity index (χ2v) is 10.3. The van der Waals surface area contributed by atoms with Crippen LogP contribution in [0, 0.1) is 17.3 Å². The van der Waals surface area contributed by atoms with Crippen LogP contribution in [0.5, 0.6) is 0 Å². The number of nitrogens with one attached hydrogen (secondary N) is 1. The third-order valence-electron chi connectivity index (χ3n) is 4.42. The predicted molar refractivity (Wildman–Crippen MR) is 123 cm³/mol. The normalized spacial score (nSPS) is 11.7. The van der Waals surface area contributed by atoms with Crippen LogP contribution in [0.1, 0.15) is 66.9 Å². The van der Waals surface area contributed by atoms with Crippen molar-refractivity contribution in [2.24, 2.45) is 17.3 Å². The Morgan fingerprint density at radius 1 is 1.03 bits per heavy atom. The van der Waals surface area contributed by atoms with Gasteiger partial charge in [-0.15, -0.1) is 0 Å². The van der Waals surface area contributed by atoms with E-state index in [9.17, 15) is 9.59 Å². The number of rotatable bonds is 9. The van der Waals surface area contributed by atoms with Gasteiger partial charge in [0.1, 0.15) is 0 Å². The summed E-state index contributed by atoms with van der Waals surface area (Å²) in [5.41, 5.74) is 2.83. The van der Waals surface area contributed by atoms with Crippen LogP contribution in [-0.2, 0) is 16.1 Å². The van der Waals surface area contributed by atoms with Crippen molar-refractivity contribution in [3.63, 3.8) is 0 Å². The Kier molecular flexibility index (Phi) is 9.18. The maximum atomic E-state index is 13.0. The summed E-state index contributed by atoms with van der Waals surface area (Å²) < 4.78 is 0. The first-order chi connectivity index (χ1) is 13.3. The maximum Gasteiger partial charge on any atom is 0.224 e. The molecule has 0 spiro atoms. The van der Waals surface area contributed by atoms with E-state index in [0.717, 1.165) is 16.9 Å². The Morgan fingerprint density at radius 2 is 1.66 bits per heavy atom. The molecule has 2 amide bonds. The summed E-state index contributed by atoms with van der Waals surface area (Å²) in [5, 5.41) is 3.00. The highest BCUT2D eigenvalue weighted by molar-refractivity contribution is 5.91.